The van der Waals surface area contributed by atoms with Crippen molar-refractivity contribution in [3.63, 3.8) is 0 Å². The third kappa shape index (κ3) is 2.79. The number of nitrogens with two attached hydrogens (primary N) is 1. The Hall–Kier alpha value is -0.930. The van der Waals surface area contributed by atoms with Gasteiger partial charge in [-0.15, -0.1) is 0 Å². The Kier molecular flexibility index (Phi) is 3.39. The van der Waals surface area contributed by atoms with E-state index in [0.29, 0.717) is 18.5 Å². The topological polar surface area (TPSA) is 46.2 Å². The number of aliphatic hydroxyl groups is 1. The van der Waals surface area contributed by atoms with Crippen LogP contribution < -0.4 is 5.73 Å². The van der Waals surface area contributed by atoms with Crippen molar-refractivity contribution in [1.82, 2.24) is 0 Å². The van der Waals surface area contributed by atoms with E-state index >= 15 is 0 Å². The minimum Gasteiger partial charge on any atom is -0.388 e. The maximum absolute atomic E-state index is 12.9. The predicted molar refractivity (Wildman–Crippen MR) is 49.8 cm³/mol. The highest BCUT2D eigenvalue weighted by Gasteiger charge is 2.07. The number of aryl methyl sites for hydroxylation is 1. The lowest BCUT2D eigenvalue weighted by molar-refractivity contribution is 0.170. The van der Waals surface area contributed by atoms with Gasteiger partial charge in [0.15, 0.2) is 0 Å². The molecule has 1 aromatic carbocycles. The Labute approximate surface area is 77.2 Å². The van der Waals surface area contributed by atoms with E-state index in [1.165, 1.54) is 12.1 Å². The third-order valence-electron chi connectivity index (χ3n) is 1.89. The SMILES string of the molecule is Cc1cc(F)cc([C@H](O)CCN)c1. The van der Waals surface area contributed by atoms with Crippen molar-refractivity contribution in [2.75, 3.05) is 6.54 Å². The highest BCUT2D eigenvalue weighted by Crippen LogP contribution is 2.18. The van der Waals surface area contributed by atoms with Gasteiger partial charge < -0.3 is 10.8 Å². The van der Waals surface area contributed by atoms with Crippen LogP contribution in [0.25, 0.3) is 0 Å². The summed E-state index contributed by atoms with van der Waals surface area (Å²) in [4.78, 5) is 0. The molecule has 0 fully saturated rings. The van der Waals surface area contributed by atoms with Gasteiger partial charge in [-0.25, -0.2) is 4.39 Å². The normalized spacial score (nSPS) is 12.9. The summed E-state index contributed by atoms with van der Waals surface area (Å²) < 4.78 is 12.9. The van der Waals surface area contributed by atoms with E-state index in [1.54, 1.807) is 13.0 Å². The maximum Gasteiger partial charge on any atom is 0.123 e. The molecule has 1 aromatic rings. The summed E-state index contributed by atoms with van der Waals surface area (Å²) in [5.74, 6) is -0.314. The molecule has 72 valence electrons. The highest BCUT2D eigenvalue weighted by molar-refractivity contribution is 5.25. The van der Waals surface area contributed by atoms with Crippen molar-refractivity contribution >= 4 is 0 Å². The molecule has 0 aliphatic heterocycles. The quantitative estimate of drug-likeness (QED) is 0.746. The molecule has 0 saturated heterocycles. The minimum absolute atomic E-state index is 0.314. The van der Waals surface area contributed by atoms with Crippen molar-refractivity contribution in [3.8, 4) is 0 Å². The molecule has 1 atom stereocenters. The van der Waals surface area contributed by atoms with Crippen LogP contribution in [-0.4, -0.2) is 11.7 Å². The summed E-state index contributed by atoms with van der Waals surface area (Å²) in [6.45, 7) is 2.19. The van der Waals surface area contributed by atoms with Crippen LogP contribution >= 0.6 is 0 Å². The predicted octanol–water partition coefficient (Wildman–Crippen LogP) is 1.52. The van der Waals surface area contributed by atoms with Crippen LogP contribution in [0.4, 0.5) is 4.39 Å². The van der Waals surface area contributed by atoms with Crippen LogP contribution in [0, 0.1) is 12.7 Å². The molecule has 0 amide bonds. The summed E-state index contributed by atoms with van der Waals surface area (Å²) in [5, 5.41) is 9.52. The Morgan fingerprint density at radius 2 is 2.15 bits per heavy atom. The average Bonchev–Trinajstić information content (AvgIpc) is 2.03. The molecule has 0 spiro atoms. The fourth-order valence-corrected chi connectivity index (χ4v) is 1.28. The number of hydrogen-bond donors (Lipinski definition) is 2. The van der Waals surface area contributed by atoms with Gasteiger partial charge in [0.2, 0.25) is 0 Å². The fraction of sp³-hybridized carbons (Fsp3) is 0.400. The van der Waals surface area contributed by atoms with Gasteiger partial charge in [-0.05, 0) is 43.1 Å². The molecule has 0 unspecified atom stereocenters. The largest absolute Gasteiger partial charge is 0.388 e. The number of halogens is 1. The summed E-state index contributed by atoms with van der Waals surface area (Å²) in [7, 11) is 0. The van der Waals surface area contributed by atoms with E-state index in [2.05, 4.69) is 0 Å². The van der Waals surface area contributed by atoms with Crippen molar-refractivity contribution in [3.05, 3.63) is 35.1 Å². The van der Waals surface area contributed by atoms with Gasteiger partial charge in [-0.3, -0.25) is 0 Å². The molecular weight excluding hydrogens is 169 g/mol. The average molecular weight is 183 g/mol. The van der Waals surface area contributed by atoms with E-state index in [1.807, 2.05) is 0 Å². The standard InChI is InChI=1S/C10H14FNO/c1-7-4-8(6-9(11)5-7)10(13)2-3-12/h4-6,10,13H,2-3,12H2,1H3/t10-/m1/s1. The van der Waals surface area contributed by atoms with Gasteiger partial charge in [0.05, 0.1) is 6.10 Å². The monoisotopic (exact) mass is 183 g/mol. The van der Waals surface area contributed by atoms with Gasteiger partial charge in [-0.1, -0.05) is 6.07 Å². The first-order valence-electron chi connectivity index (χ1n) is 4.28. The molecule has 3 N–H and O–H groups in total. The maximum atomic E-state index is 12.9. The van der Waals surface area contributed by atoms with Gasteiger partial charge >= 0.3 is 0 Å². The summed E-state index contributed by atoms with van der Waals surface area (Å²) >= 11 is 0. The van der Waals surface area contributed by atoms with Crippen molar-refractivity contribution < 1.29 is 9.50 Å². The zero-order valence-electron chi connectivity index (χ0n) is 7.63. The van der Waals surface area contributed by atoms with Crippen LogP contribution in [-0.2, 0) is 0 Å². The second-order valence-corrected chi connectivity index (χ2v) is 3.16. The molecule has 13 heavy (non-hydrogen) atoms. The van der Waals surface area contributed by atoms with Gasteiger partial charge in [-0.2, -0.15) is 0 Å². The minimum atomic E-state index is -0.653. The van der Waals surface area contributed by atoms with Gasteiger partial charge in [0.1, 0.15) is 5.82 Å². The summed E-state index contributed by atoms with van der Waals surface area (Å²) in [5.41, 5.74) is 6.70. The lowest BCUT2D eigenvalue weighted by atomic mass is 10.0. The molecule has 0 saturated carbocycles. The zero-order valence-corrected chi connectivity index (χ0v) is 7.63. The van der Waals surface area contributed by atoms with Crippen LogP contribution in [0.15, 0.2) is 18.2 Å². The second kappa shape index (κ2) is 4.35. The molecule has 0 bridgehead atoms. The van der Waals surface area contributed by atoms with Crippen LogP contribution in [0.5, 0.6) is 0 Å². The highest BCUT2D eigenvalue weighted by atomic mass is 19.1. The van der Waals surface area contributed by atoms with Crippen LogP contribution in [0.2, 0.25) is 0 Å². The second-order valence-electron chi connectivity index (χ2n) is 3.16. The first kappa shape index (κ1) is 10.2. The third-order valence-corrected chi connectivity index (χ3v) is 1.89. The van der Waals surface area contributed by atoms with E-state index in [-0.39, 0.29) is 5.82 Å². The molecule has 0 heterocycles. The molecular formula is C10H14FNO. The van der Waals surface area contributed by atoms with Crippen molar-refractivity contribution in [2.45, 2.75) is 19.4 Å². The first-order chi connectivity index (χ1) is 6.13. The van der Waals surface area contributed by atoms with Crippen molar-refractivity contribution in [1.29, 1.82) is 0 Å². The van der Waals surface area contributed by atoms with E-state index in [0.717, 1.165) is 5.56 Å². The smallest absolute Gasteiger partial charge is 0.123 e. The molecule has 0 aliphatic carbocycles. The molecule has 2 nitrogen and oxygen atoms in total. The molecule has 3 heteroatoms. The van der Waals surface area contributed by atoms with E-state index < -0.39 is 6.10 Å². The molecule has 0 radical (unpaired) electrons. The Morgan fingerprint density at radius 3 is 2.69 bits per heavy atom. The first-order valence-corrected chi connectivity index (χ1v) is 4.28. The number of aliphatic hydroxyl groups excluding tert-OH is 1. The molecule has 0 aliphatic rings. The molecule has 0 aromatic heterocycles. The van der Waals surface area contributed by atoms with E-state index in [9.17, 15) is 9.50 Å². The van der Waals surface area contributed by atoms with Gasteiger partial charge in [0.25, 0.3) is 0 Å². The Bertz CT molecular complexity index is 268. The Morgan fingerprint density at radius 1 is 1.46 bits per heavy atom. The summed E-state index contributed by atoms with van der Waals surface area (Å²) in [6.07, 6.45) is -0.192. The van der Waals surface area contributed by atoms with Crippen molar-refractivity contribution in [2.24, 2.45) is 5.73 Å². The van der Waals surface area contributed by atoms with E-state index in [4.69, 9.17) is 5.73 Å². The lowest BCUT2D eigenvalue weighted by Gasteiger charge is -2.10. The van der Waals surface area contributed by atoms with Gasteiger partial charge in [0, 0.05) is 0 Å². The fourth-order valence-electron chi connectivity index (χ4n) is 1.28. The summed E-state index contributed by atoms with van der Waals surface area (Å²) in [6, 6.07) is 4.54. The number of hydrogen-bond acceptors (Lipinski definition) is 2. The Balaban J connectivity index is 2.87. The van der Waals surface area contributed by atoms with Crippen LogP contribution in [0.3, 0.4) is 0 Å². The van der Waals surface area contributed by atoms with Crippen LogP contribution in [0.1, 0.15) is 23.7 Å². The number of rotatable bonds is 3. The molecule has 1 rings (SSSR count). The number of benzene rings is 1. The zero-order chi connectivity index (χ0) is 9.84. The lowest BCUT2D eigenvalue weighted by Crippen LogP contribution is -2.07.